The summed E-state index contributed by atoms with van der Waals surface area (Å²) in [5.41, 5.74) is 7.22. The topological polar surface area (TPSA) is 47.7 Å². The van der Waals surface area contributed by atoms with Gasteiger partial charge >= 0.3 is 0 Å². The van der Waals surface area contributed by atoms with Gasteiger partial charge < -0.3 is 15.2 Å². The van der Waals surface area contributed by atoms with Crippen molar-refractivity contribution in [1.29, 1.82) is 0 Å². The van der Waals surface area contributed by atoms with Gasteiger partial charge in [0, 0.05) is 18.6 Å². The quantitative estimate of drug-likeness (QED) is 0.873. The van der Waals surface area contributed by atoms with Crippen LogP contribution in [0.3, 0.4) is 0 Å². The first-order valence-electron chi connectivity index (χ1n) is 6.43. The number of methoxy groups -OCH3 is 1. The molecule has 0 spiro atoms. The summed E-state index contributed by atoms with van der Waals surface area (Å²) in [6, 6.07) is 6.07. The number of benzene rings is 1. The van der Waals surface area contributed by atoms with Crippen molar-refractivity contribution >= 4 is 0 Å². The van der Waals surface area contributed by atoms with E-state index in [1.54, 1.807) is 7.11 Å². The molecule has 4 heteroatoms. The third kappa shape index (κ3) is 2.06. The first-order valence-corrected chi connectivity index (χ1v) is 6.43. The highest BCUT2D eigenvalue weighted by Gasteiger charge is 2.40. The molecule has 18 heavy (non-hydrogen) atoms. The largest absolute Gasteiger partial charge is 0.493 e. The Balaban J connectivity index is 1.77. The van der Waals surface area contributed by atoms with Crippen molar-refractivity contribution in [2.75, 3.05) is 27.2 Å². The van der Waals surface area contributed by atoms with Crippen molar-refractivity contribution in [2.45, 2.75) is 24.5 Å². The maximum absolute atomic E-state index is 6.20. The zero-order valence-corrected chi connectivity index (χ0v) is 11.0. The second-order valence-electron chi connectivity index (χ2n) is 5.48. The van der Waals surface area contributed by atoms with E-state index in [0.717, 1.165) is 43.0 Å². The summed E-state index contributed by atoms with van der Waals surface area (Å²) in [6.45, 7) is 1.96. The van der Waals surface area contributed by atoms with Crippen molar-refractivity contribution in [2.24, 2.45) is 5.73 Å². The molecule has 0 aromatic heterocycles. The van der Waals surface area contributed by atoms with Crippen molar-refractivity contribution in [3.05, 3.63) is 23.8 Å². The summed E-state index contributed by atoms with van der Waals surface area (Å²) in [6.07, 6.45) is 2.40. The molecule has 2 fully saturated rings. The van der Waals surface area contributed by atoms with Gasteiger partial charge in [0.25, 0.3) is 0 Å². The van der Waals surface area contributed by atoms with Gasteiger partial charge in [-0.2, -0.15) is 0 Å². The Kier molecular flexibility index (Phi) is 2.72. The third-order valence-electron chi connectivity index (χ3n) is 3.85. The highest BCUT2D eigenvalue weighted by molar-refractivity contribution is 5.46. The first-order chi connectivity index (χ1) is 8.60. The van der Waals surface area contributed by atoms with Crippen LogP contribution in [0, 0.1) is 0 Å². The molecule has 1 aliphatic carbocycles. The molecular weight excluding hydrogens is 228 g/mol. The monoisotopic (exact) mass is 248 g/mol. The van der Waals surface area contributed by atoms with E-state index in [2.05, 4.69) is 18.0 Å². The molecule has 0 radical (unpaired) electrons. The Hall–Kier alpha value is -1.26. The summed E-state index contributed by atoms with van der Waals surface area (Å²) in [4.78, 5) is 2.23. The fourth-order valence-electron chi connectivity index (χ4n) is 2.39. The van der Waals surface area contributed by atoms with Gasteiger partial charge in [0.2, 0.25) is 0 Å². The van der Waals surface area contributed by atoms with E-state index in [9.17, 15) is 0 Å². The SMILES string of the molecule is COc1cc(C2(N)CC2)ccc1OC1CN(C)C1. The van der Waals surface area contributed by atoms with Gasteiger partial charge in [0.15, 0.2) is 11.5 Å². The number of nitrogens with zero attached hydrogens (tertiary/aromatic N) is 1. The molecule has 1 saturated carbocycles. The van der Waals surface area contributed by atoms with Gasteiger partial charge in [-0.25, -0.2) is 0 Å². The van der Waals surface area contributed by atoms with Gasteiger partial charge in [-0.3, -0.25) is 4.90 Å². The third-order valence-corrected chi connectivity index (χ3v) is 3.85. The lowest BCUT2D eigenvalue weighted by Gasteiger charge is -2.36. The summed E-state index contributed by atoms with van der Waals surface area (Å²) >= 11 is 0. The molecule has 1 aromatic rings. The van der Waals surface area contributed by atoms with E-state index in [1.165, 1.54) is 0 Å². The minimum atomic E-state index is -0.123. The Morgan fingerprint density at radius 3 is 2.56 bits per heavy atom. The summed E-state index contributed by atoms with van der Waals surface area (Å²) in [7, 11) is 3.76. The number of likely N-dealkylation sites (tertiary alicyclic amines) is 1. The van der Waals surface area contributed by atoms with E-state index in [-0.39, 0.29) is 11.6 Å². The van der Waals surface area contributed by atoms with Gasteiger partial charge in [0.1, 0.15) is 6.10 Å². The van der Waals surface area contributed by atoms with Gasteiger partial charge in [-0.1, -0.05) is 6.07 Å². The van der Waals surface area contributed by atoms with Crippen LogP contribution in [0.1, 0.15) is 18.4 Å². The van der Waals surface area contributed by atoms with E-state index in [1.807, 2.05) is 12.1 Å². The lowest BCUT2D eigenvalue weighted by atomic mass is 10.1. The first kappa shape index (κ1) is 11.8. The van der Waals surface area contributed by atoms with Crippen LogP contribution in [0.4, 0.5) is 0 Å². The molecule has 3 rings (SSSR count). The van der Waals surface area contributed by atoms with Crippen molar-refractivity contribution < 1.29 is 9.47 Å². The van der Waals surface area contributed by atoms with Gasteiger partial charge in [0.05, 0.1) is 7.11 Å². The molecule has 0 bridgehead atoms. The minimum Gasteiger partial charge on any atom is -0.493 e. The number of likely N-dealkylation sites (N-methyl/N-ethyl adjacent to an activating group) is 1. The molecule has 1 aliphatic heterocycles. The smallest absolute Gasteiger partial charge is 0.161 e. The number of rotatable bonds is 4. The summed E-state index contributed by atoms with van der Waals surface area (Å²) < 4.78 is 11.3. The molecule has 2 N–H and O–H groups in total. The van der Waals surface area contributed by atoms with Gasteiger partial charge in [-0.15, -0.1) is 0 Å². The maximum atomic E-state index is 6.20. The average Bonchev–Trinajstić information content (AvgIpc) is 3.07. The van der Waals surface area contributed by atoms with E-state index in [4.69, 9.17) is 15.2 Å². The number of nitrogens with two attached hydrogens (primary N) is 1. The molecule has 1 aromatic carbocycles. The molecule has 1 heterocycles. The zero-order chi connectivity index (χ0) is 12.8. The number of ether oxygens (including phenoxy) is 2. The van der Waals surface area contributed by atoms with Crippen LogP contribution in [-0.2, 0) is 5.54 Å². The Morgan fingerprint density at radius 2 is 2.00 bits per heavy atom. The highest BCUT2D eigenvalue weighted by atomic mass is 16.5. The Labute approximate surface area is 108 Å². The predicted molar refractivity (Wildman–Crippen MR) is 70.0 cm³/mol. The van der Waals surface area contributed by atoms with E-state index >= 15 is 0 Å². The van der Waals surface area contributed by atoms with Gasteiger partial charge in [-0.05, 0) is 37.6 Å². The zero-order valence-electron chi connectivity index (χ0n) is 11.0. The molecule has 0 amide bonds. The highest BCUT2D eigenvalue weighted by Crippen LogP contribution is 2.45. The number of hydrogen-bond acceptors (Lipinski definition) is 4. The lowest BCUT2D eigenvalue weighted by molar-refractivity contribution is 0.0369. The van der Waals surface area contributed by atoms with Crippen molar-refractivity contribution in [3.8, 4) is 11.5 Å². The average molecular weight is 248 g/mol. The lowest BCUT2D eigenvalue weighted by Crippen LogP contribution is -2.51. The molecule has 0 unspecified atom stereocenters. The maximum Gasteiger partial charge on any atom is 0.161 e. The Bertz CT molecular complexity index is 451. The second kappa shape index (κ2) is 4.14. The fourth-order valence-corrected chi connectivity index (χ4v) is 2.39. The van der Waals surface area contributed by atoms with E-state index in [0.29, 0.717) is 0 Å². The van der Waals surface area contributed by atoms with Crippen LogP contribution < -0.4 is 15.2 Å². The van der Waals surface area contributed by atoms with E-state index < -0.39 is 0 Å². The second-order valence-corrected chi connectivity index (χ2v) is 5.48. The van der Waals surface area contributed by atoms with Crippen LogP contribution in [0.25, 0.3) is 0 Å². The molecule has 0 atom stereocenters. The molecule has 4 nitrogen and oxygen atoms in total. The van der Waals surface area contributed by atoms with Crippen LogP contribution in [0.15, 0.2) is 18.2 Å². The number of hydrogen-bond donors (Lipinski definition) is 1. The molecule has 1 saturated heterocycles. The summed E-state index contributed by atoms with van der Waals surface area (Å²) in [5, 5.41) is 0. The predicted octanol–water partition coefficient (Wildman–Crippen LogP) is 1.34. The standard InChI is InChI=1S/C14H20N2O2/c1-16-8-11(9-16)18-12-4-3-10(7-13(12)17-2)14(15)5-6-14/h3-4,7,11H,5-6,8-9,15H2,1-2H3. The Morgan fingerprint density at radius 1 is 1.28 bits per heavy atom. The molecule has 98 valence electrons. The van der Waals surface area contributed by atoms with Crippen LogP contribution in [0.5, 0.6) is 11.5 Å². The minimum absolute atomic E-state index is 0.123. The van der Waals surface area contributed by atoms with Crippen LogP contribution >= 0.6 is 0 Å². The van der Waals surface area contributed by atoms with Crippen LogP contribution in [-0.4, -0.2) is 38.3 Å². The van der Waals surface area contributed by atoms with Crippen molar-refractivity contribution in [1.82, 2.24) is 4.90 Å². The van der Waals surface area contributed by atoms with Crippen LogP contribution in [0.2, 0.25) is 0 Å². The summed E-state index contributed by atoms with van der Waals surface area (Å²) in [5.74, 6) is 1.61. The normalized spacial score (nSPS) is 22.4. The molecule has 2 aliphatic rings. The molecular formula is C14H20N2O2. The van der Waals surface area contributed by atoms with Crippen molar-refractivity contribution in [3.63, 3.8) is 0 Å². The fraction of sp³-hybridized carbons (Fsp3) is 0.571.